The fourth-order valence-electron chi connectivity index (χ4n) is 3.14. The van der Waals surface area contributed by atoms with Gasteiger partial charge in [-0.15, -0.1) is 0 Å². The molecule has 150 valence electrons. The summed E-state index contributed by atoms with van der Waals surface area (Å²) in [4.78, 5) is 12.8. The van der Waals surface area contributed by atoms with Gasteiger partial charge in [0.25, 0.3) is 0 Å². The van der Waals surface area contributed by atoms with Crippen molar-refractivity contribution >= 4 is 11.6 Å². The van der Waals surface area contributed by atoms with E-state index in [1.165, 1.54) is 0 Å². The Morgan fingerprint density at radius 3 is 2.07 bits per heavy atom. The maximum Gasteiger partial charge on any atom is 0.241 e. The van der Waals surface area contributed by atoms with E-state index in [9.17, 15) is 4.79 Å². The van der Waals surface area contributed by atoms with E-state index < -0.39 is 6.04 Å². The Labute approximate surface area is 171 Å². The van der Waals surface area contributed by atoms with Crippen LogP contribution in [0.3, 0.4) is 0 Å². The molecule has 3 aromatic rings. The molecule has 2 N–H and O–H groups in total. The lowest BCUT2D eigenvalue weighted by molar-refractivity contribution is -0.117. The van der Waals surface area contributed by atoms with Gasteiger partial charge in [-0.3, -0.25) is 10.1 Å². The summed E-state index contributed by atoms with van der Waals surface area (Å²) < 4.78 is 10.6. The molecule has 0 fully saturated rings. The van der Waals surface area contributed by atoms with Crippen molar-refractivity contribution in [3.63, 3.8) is 0 Å². The van der Waals surface area contributed by atoms with Gasteiger partial charge in [-0.1, -0.05) is 54.6 Å². The molecular formula is C24H26N2O3. The quantitative estimate of drug-likeness (QED) is 0.598. The summed E-state index contributed by atoms with van der Waals surface area (Å²) >= 11 is 0. The molecule has 0 aliphatic rings. The molecule has 29 heavy (non-hydrogen) atoms. The van der Waals surface area contributed by atoms with Crippen LogP contribution in [0, 0.1) is 0 Å². The minimum atomic E-state index is -0.438. The van der Waals surface area contributed by atoms with Gasteiger partial charge in [0.15, 0.2) is 0 Å². The first-order chi connectivity index (χ1) is 14.1. The minimum absolute atomic E-state index is 0.135. The summed E-state index contributed by atoms with van der Waals surface area (Å²) in [7, 11) is 3.23. The van der Waals surface area contributed by atoms with Crippen LogP contribution in [0.4, 0.5) is 5.69 Å². The largest absolute Gasteiger partial charge is 0.497 e. The van der Waals surface area contributed by atoms with E-state index in [0.717, 1.165) is 16.9 Å². The molecule has 0 aliphatic heterocycles. The molecule has 1 amide bonds. The van der Waals surface area contributed by atoms with E-state index in [1.54, 1.807) is 14.2 Å². The Morgan fingerprint density at radius 1 is 0.793 bits per heavy atom. The number of rotatable bonds is 8. The fourth-order valence-corrected chi connectivity index (χ4v) is 3.14. The van der Waals surface area contributed by atoms with Crippen LogP contribution in [0.1, 0.15) is 24.1 Å². The van der Waals surface area contributed by atoms with Crippen LogP contribution in [-0.2, 0) is 4.79 Å². The topological polar surface area (TPSA) is 59.6 Å². The first kappa shape index (κ1) is 20.4. The number of hydrogen-bond acceptors (Lipinski definition) is 4. The van der Waals surface area contributed by atoms with Crippen molar-refractivity contribution in [2.75, 3.05) is 19.5 Å². The van der Waals surface area contributed by atoms with Gasteiger partial charge in [-0.05, 0) is 42.3 Å². The van der Waals surface area contributed by atoms with Crippen LogP contribution in [0.25, 0.3) is 0 Å². The number of anilines is 1. The number of benzene rings is 3. The molecule has 5 nitrogen and oxygen atoms in total. The van der Waals surface area contributed by atoms with Crippen molar-refractivity contribution in [2.45, 2.75) is 19.0 Å². The van der Waals surface area contributed by atoms with Gasteiger partial charge in [0.1, 0.15) is 11.5 Å². The van der Waals surface area contributed by atoms with Gasteiger partial charge in [-0.25, -0.2) is 0 Å². The second kappa shape index (κ2) is 9.75. The third-order valence-electron chi connectivity index (χ3n) is 4.76. The first-order valence-corrected chi connectivity index (χ1v) is 9.51. The van der Waals surface area contributed by atoms with E-state index in [2.05, 4.69) is 10.6 Å². The monoisotopic (exact) mass is 390 g/mol. The molecule has 0 aliphatic carbocycles. The van der Waals surface area contributed by atoms with Crippen LogP contribution in [0.15, 0.2) is 78.9 Å². The van der Waals surface area contributed by atoms with E-state index in [4.69, 9.17) is 9.47 Å². The second-order valence-corrected chi connectivity index (χ2v) is 6.69. The SMILES string of the molecule is COc1ccc([C@H](N[C@@H](C)C(=O)Nc2ccccc2OC)c2ccccc2)cc1. The number of amides is 1. The summed E-state index contributed by atoms with van der Waals surface area (Å²) in [6.45, 7) is 1.85. The van der Waals surface area contributed by atoms with E-state index >= 15 is 0 Å². The number of carbonyl (C=O) groups is 1. The van der Waals surface area contributed by atoms with E-state index in [-0.39, 0.29) is 11.9 Å². The van der Waals surface area contributed by atoms with Crippen molar-refractivity contribution in [2.24, 2.45) is 0 Å². The molecular weight excluding hydrogens is 364 g/mol. The van der Waals surface area contributed by atoms with Crippen LogP contribution in [0.5, 0.6) is 11.5 Å². The number of nitrogens with one attached hydrogen (secondary N) is 2. The zero-order valence-corrected chi connectivity index (χ0v) is 16.9. The average molecular weight is 390 g/mol. The van der Waals surface area contributed by atoms with Crippen LogP contribution in [0.2, 0.25) is 0 Å². The maximum absolute atomic E-state index is 12.8. The molecule has 0 bridgehead atoms. The molecule has 3 aromatic carbocycles. The second-order valence-electron chi connectivity index (χ2n) is 6.69. The molecule has 0 spiro atoms. The zero-order valence-electron chi connectivity index (χ0n) is 16.9. The smallest absolute Gasteiger partial charge is 0.241 e. The zero-order chi connectivity index (χ0) is 20.6. The highest BCUT2D eigenvalue weighted by Crippen LogP contribution is 2.26. The molecule has 0 aromatic heterocycles. The molecule has 3 rings (SSSR count). The van der Waals surface area contributed by atoms with Gasteiger partial charge < -0.3 is 14.8 Å². The van der Waals surface area contributed by atoms with Crippen molar-refractivity contribution < 1.29 is 14.3 Å². The summed E-state index contributed by atoms with van der Waals surface area (Å²) in [6.07, 6.45) is 0. The van der Waals surface area contributed by atoms with Crippen molar-refractivity contribution in [3.8, 4) is 11.5 Å². The third-order valence-corrected chi connectivity index (χ3v) is 4.76. The van der Waals surface area contributed by atoms with E-state index in [0.29, 0.717) is 11.4 Å². The maximum atomic E-state index is 12.8. The van der Waals surface area contributed by atoms with E-state index in [1.807, 2.05) is 85.8 Å². The lowest BCUT2D eigenvalue weighted by atomic mass is 9.97. The summed E-state index contributed by atoms with van der Waals surface area (Å²) in [6, 6.07) is 24.7. The fraction of sp³-hybridized carbons (Fsp3) is 0.208. The summed E-state index contributed by atoms with van der Waals surface area (Å²) in [5, 5.41) is 6.39. The highest BCUT2D eigenvalue weighted by atomic mass is 16.5. The Bertz CT molecular complexity index is 926. The average Bonchev–Trinajstić information content (AvgIpc) is 2.78. The molecule has 2 atom stereocenters. The van der Waals surface area contributed by atoms with Gasteiger partial charge in [0.2, 0.25) is 5.91 Å². The van der Waals surface area contributed by atoms with Gasteiger partial charge >= 0.3 is 0 Å². The normalized spacial score (nSPS) is 12.7. The molecule has 0 unspecified atom stereocenters. The highest BCUT2D eigenvalue weighted by Gasteiger charge is 2.21. The molecule has 0 heterocycles. The van der Waals surface area contributed by atoms with Crippen LogP contribution in [-0.4, -0.2) is 26.2 Å². The Morgan fingerprint density at radius 2 is 1.41 bits per heavy atom. The Balaban J connectivity index is 1.80. The third kappa shape index (κ3) is 5.15. The highest BCUT2D eigenvalue weighted by molar-refractivity contribution is 5.95. The molecule has 0 saturated heterocycles. The van der Waals surface area contributed by atoms with Crippen molar-refractivity contribution in [1.29, 1.82) is 0 Å². The van der Waals surface area contributed by atoms with Crippen molar-refractivity contribution in [3.05, 3.63) is 90.0 Å². The van der Waals surface area contributed by atoms with Gasteiger partial charge in [0, 0.05) is 0 Å². The molecule has 0 radical (unpaired) electrons. The molecule has 5 heteroatoms. The summed E-state index contributed by atoms with van der Waals surface area (Å²) in [5.74, 6) is 1.29. The molecule has 0 saturated carbocycles. The predicted octanol–water partition coefficient (Wildman–Crippen LogP) is 4.41. The standard InChI is InChI=1S/C24H26N2O3/c1-17(24(27)26-21-11-7-8-12-22(21)29-3)25-23(18-9-5-4-6-10-18)19-13-15-20(28-2)16-14-19/h4-17,23,25H,1-3H3,(H,26,27)/t17-,23+/m0/s1. The number of para-hydroxylation sites is 2. The Kier molecular flexibility index (Phi) is 6.87. The predicted molar refractivity (Wildman–Crippen MR) is 116 cm³/mol. The van der Waals surface area contributed by atoms with Crippen molar-refractivity contribution in [1.82, 2.24) is 5.32 Å². The Hall–Kier alpha value is -3.31. The number of methoxy groups -OCH3 is 2. The van der Waals surface area contributed by atoms with Crippen LogP contribution < -0.4 is 20.1 Å². The van der Waals surface area contributed by atoms with Crippen LogP contribution >= 0.6 is 0 Å². The van der Waals surface area contributed by atoms with Gasteiger partial charge in [-0.2, -0.15) is 0 Å². The lowest BCUT2D eigenvalue weighted by Crippen LogP contribution is -2.40. The number of carbonyl (C=O) groups excluding carboxylic acids is 1. The summed E-state index contributed by atoms with van der Waals surface area (Å²) in [5.41, 5.74) is 2.78. The number of ether oxygens (including phenoxy) is 2. The minimum Gasteiger partial charge on any atom is -0.497 e. The lowest BCUT2D eigenvalue weighted by Gasteiger charge is -2.24. The first-order valence-electron chi connectivity index (χ1n) is 9.51. The van der Waals surface area contributed by atoms with Gasteiger partial charge in [0.05, 0.1) is 32.0 Å². The number of hydrogen-bond donors (Lipinski definition) is 2.